The maximum absolute atomic E-state index is 11.9. The van der Waals surface area contributed by atoms with E-state index in [4.69, 9.17) is 0 Å². The second kappa shape index (κ2) is 7.93. The second-order valence-electron chi connectivity index (χ2n) is 5.04. The molecule has 0 radical (unpaired) electrons. The zero-order valence-corrected chi connectivity index (χ0v) is 12.9. The first kappa shape index (κ1) is 16.5. The van der Waals surface area contributed by atoms with Gasteiger partial charge in [-0.15, -0.1) is 0 Å². The van der Waals surface area contributed by atoms with E-state index >= 15 is 0 Å². The largest absolute Gasteiger partial charge is 0.315 e. The molecule has 2 aromatic rings. The number of benzene rings is 1. The van der Waals surface area contributed by atoms with Gasteiger partial charge in [0.2, 0.25) is 5.91 Å². The van der Waals surface area contributed by atoms with E-state index in [1.165, 1.54) is 10.6 Å². The standard InChI is InChI=1S/C17H19N3O3/c1-2-13-6-8-14(9-7-13)17(23)19-18-15(21)10-12-20-11-4-3-5-16(20)22/h3-9,11H,2,10,12H2,1H3,(H,18,21)(H,19,23). The van der Waals surface area contributed by atoms with Crippen molar-refractivity contribution in [2.24, 2.45) is 0 Å². The van der Waals surface area contributed by atoms with Gasteiger partial charge in [-0.1, -0.05) is 25.1 Å². The lowest BCUT2D eigenvalue weighted by Crippen LogP contribution is -2.42. The van der Waals surface area contributed by atoms with Gasteiger partial charge in [0.15, 0.2) is 0 Å². The third-order valence-corrected chi connectivity index (χ3v) is 3.42. The van der Waals surface area contributed by atoms with Crippen molar-refractivity contribution in [3.63, 3.8) is 0 Å². The van der Waals surface area contributed by atoms with E-state index in [-0.39, 0.29) is 30.3 Å². The van der Waals surface area contributed by atoms with Crippen molar-refractivity contribution in [2.75, 3.05) is 0 Å². The zero-order valence-electron chi connectivity index (χ0n) is 12.9. The summed E-state index contributed by atoms with van der Waals surface area (Å²) in [6.45, 7) is 2.29. The summed E-state index contributed by atoms with van der Waals surface area (Å²) >= 11 is 0. The van der Waals surface area contributed by atoms with Gasteiger partial charge in [0, 0.05) is 30.8 Å². The molecule has 1 aromatic heterocycles. The van der Waals surface area contributed by atoms with E-state index in [1.54, 1.807) is 30.5 Å². The molecule has 6 heteroatoms. The molecule has 0 aliphatic rings. The Morgan fingerprint density at radius 2 is 1.78 bits per heavy atom. The van der Waals surface area contributed by atoms with Gasteiger partial charge < -0.3 is 4.57 Å². The average Bonchev–Trinajstić information content (AvgIpc) is 2.59. The molecule has 6 nitrogen and oxygen atoms in total. The Labute approximate surface area is 134 Å². The summed E-state index contributed by atoms with van der Waals surface area (Å²) in [7, 11) is 0. The van der Waals surface area contributed by atoms with E-state index in [2.05, 4.69) is 10.9 Å². The molecule has 0 bridgehead atoms. The molecule has 0 saturated carbocycles. The van der Waals surface area contributed by atoms with Crippen molar-refractivity contribution in [1.29, 1.82) is 0 Å². The molecule has 1 heterocycles. The number of aromatic nitrogens is 1. The minimum atomic E-state index is -0.377. The number of hydrazine groups is 1. The molecule has 0 fully saturated rings. The van der Waals surface area contributed by atoms with Crippen LogP contribution in [0.25, 0.3) is 0 Å². The molecule has 120 valence electrons. The summed E-state index contributed by atoms with van der Waals surface area (Å²) in [5, 5.41) is 0. The lowest BCUT2D eigenvalue weighted by Gasteiger charge is -2.08. The van der Waals surface area contributed by atoms with Crippen LogP contribution in [0.15, 0.2) is 53.5 Å². The number of rotatable bonds is 5. The fourth-order valence-electron chi connectivity index (χ4n) is 2.02. The number of carbonyl (C=O) groups excluding carboxylic acids is 2. The lowest BCUT2D eigenvalue weighted by atomic mass is 10.1. The van der Waals surface area contributed by atoms with Crippen LogP contribution in [0.1, 0.15) is 29.3 Å². The van der Waals surface area contributed by atoms with E-state index < -0.39 is 0 Å². The number of aryl methyl sites for hydroxylation is 2. The van der Waals surface area contributed by atoms with Crippen molar-refractivity contribution in [3.05, 3.63) is 70.1 Å². The maximum atomic E-state index is 11.9. The minimum Gasteiger partial charge on any atom is -0.315 e. The Hall–Kier alpha value is -2.89. The van der Waals surface area contributed by atoms with Gasteiger partial charge in [0.25, 0.3) is 11.5 Å². The summed E-state index contributed by atoms with van der Waals surface area (Å²) in [6, 6.07) is 12.0. The first-order chi connectivity index (χ1) is 11.1. The number of amides is 2. The Morgan fingerprint density at radius 3 is 2.43 bits per heavy atom. The fourth-order valence-corrected chi connectivity index (χ4v) is 2.02. The molecular weight excluding hydrogens is 294 g/mol. The maximum Gasteiger partial charge on any atom is 0.269 e. The lowest BCUT2D eigenvalue weighted by molar-refractivity contribution is -0.122. The highest BCUT2D eigenvalue weighted by molar-refractivity contribution is 5.95. The molecule has 2 N–H and O–H groups in total. The highest BCUT2D eigenvalue weighted by Crippen LogP contribution is 2.04. The quantitative estimate of drug-likeness (QED) is 0.816. The summed E-state index contributed by atoms with van der Waals surface area (Å²) in [4.78, 5) is 35.1. The number of pyridine rings is 1. The van der Waals surface area contributed by atoms with E-state index in [0.29, 0.717) is 5.56 Å². The smallest absolute Gasteiger partial charge is 0.269 e. The molecule has 2 amide bonds. The van der Waals surface area contributed by atoms with Gasteiger partial charge >= 0.3 is 0 Å². The van der Waals surface area contributed by atoms with Gasteiger partial charge in [-0.3, -0.25) is 25.2 Å². The SMILES string of the molecule is CCc1ccc(C(=O)NNC(=O)CCn2ccccc2=O)cc1. The van der Waals surface area contributed by atoms with Gasteiger partial charge in [-0.25, -0.2) is 0 Å². The normalized spacial score (nSPS) is 10.1. The Morgan fingerprint density at radius 1 is 1.04 bits per heavy atom. The van der Waals surface area contributed by atoms with Crippen LogP contribution in [-0.4, -0.2) is 16.4 Å². The Kier molecular flexibility index (Phi) is 5.68. The van der Waals surface area contributed by atoms with E-state index in [9.17, 15) is 14.4 Å². The fraction of sp³-hybridized carbons (Fsp3) is 0.235. The average molecular weight is 313 g/mol. The number of nitrogens with zero attached hydrogens (tertiary/aromatic N) is 1. The van der Waals surface area contributed by atoms with E-state index in [0.717, 1.165) is 12.0 Å². The summed E-state index contributed by atoms with van der Waals surface area (Å²) in [5.74, 6) is -0.739. The summed E-state index contributed by atoms with van der Waals surface area (Å²) in [5.41, 5.74) is 6.15. The molecule has 0 aliphatic carbocycles. The molecule has 0 saturated heterocycles. The van der Waals surface area contributed by atoms with Gasteiger partial charge in [0.05, 0.1) is 0 Å². The molecule has 23 heavy (non-hydrogen) atoms. The van der Waals surface area contributed by atoms with Crippen molar-refractivity contribution in [3.8, 4) is 0 Å². The minimum absolute atomic E-state index is 0.0962. The van der Waals surface area contributed by atoms with Crippen molar-refractivity contribution in [1.82, 2.24) is 15.4 Å². The van der Waals surface area contributed by atoms with Crippen molar-refractivity contribution >= 4 is 11.8 Å². The molecule has 0 aliphatic heterocycles. The first-order valence-corrected chi connectivity index (χ1v) is 7.43. The Balaban J connectivity index is 1.80. The third kappa shape index (κ3) is 4.81. The number of carbonyl (C=O) groups is 2. The van der Waals surface area contributed by atoms with E-state index in [1.807, 2.05) is 19.1 Å². The van der Waals surface area contributed by atoms with Gasteiger partial charge in [-0.05, 0) is 30.2 Å². The highest BCUT2D eigenvalue weighted by Gasteiger charge is 2.07. The number of hydrogen-bond acceptors (Lipinski definition) is 3. The van der Waals surface area contributed by atoms with Crippen molar-refractivity contribution < 1.29 is 9.59 Å². The van der Waals surface area contributed by atoms with Crippen LogP contribution < -0.4 is 16.4 Å². The van der Waals surface area contributed by atoms with Crippen LogP contribution in [0.3, 0.4) is 0 Å². The van der Waals surface area contributed by atoms with Crippen LogP contribution in [0.4, 0.5) is 0 Å². The number of nitrogens with one attached hydrogen (secondary N) is 2. The summed E-state index contributed by atoms with van der Waals surface area (Å²) in [6.07, 6.45) is 2.61. The van der Waals surface area contributed by atoms with Crippen LogP contribution in [-0.2, 0) is 17.8 Å². The topological polar surface area (TPSA) is 80.2 Å². The summed E-state index contributed by atoms with van der Waals surface area (Å²) < 4.78 is 1.44. The Bertz CT molecular complexity index is 735. The van der Waals surface area contributed by atoms with Crippen LogP contribution in [0, 0.1) is 0 Å². The van der Waals surface area contributed by atoms with Crippen molar-refractivity contribution in [2.45, 2.75) is 26.3 Å². The predicted octanol–water partition coefficient (Wildman–Crippen LogP) is 1.26. The molecule has 1 aromatic carbocycles. The molecule has 0 unspecified atom stereocenters. The molecular formula is C17H19N3O3. The molecule has 0 spiro atoms. The predicted molar refractivity (Wildman–Crippen MR) is 86.7 cm³/mol. The first-order valence-electron chi connectivity index (χ1n) is 7.43. The highest BCUT2D eigenvalue weighted by atomic mass is 16.2. The van der Waals surface area contributed by atoms with Crippen LogP contribution in [0.5, 0.6) is 0 Å². The van der Waals surface area contributed by atoms with Crippen LogP contribution in [0.2, 0.25) is 0 Å². The van der Waals surface area contributed by atoms with Crippen LogP contribution >= 0.6 is 0 Å². The monoisotopic (exact) mass is 313 g/mol. The van der Waals surface area contributed by atoms with Gasteiger partial charge in [-0.2, -0.15) is 0 Å². The van der Waals surface area contributed by atoms with Gasteiger partial charge in [0.1, 0.15) is 0 Å². The second-order valence-corrected chi connectivity index (χ2v) is 5.04. The number of hydrogen-bond donors (Lipinski definition) is 2. The zero-order chi connectivity index (χ0) is 16.7. The molecule has 2 rings (SSSR count). The molecule has 0 atom stereocenters. The third-order valence-electron chi connectivity index (χ3n) is 3.42.